The summed E-state index contributed by atoms with van der Waals surface area (Å²) < 4.78 is 35.3. The molecule has 17 atom stereocenters. The number of aliphatic hydroxyl groups is 5. The van der Waals surface area contributed by atoms with Gasteiger partial charge in [-0.3, -0.25) is 4.79 Å². The van der Waals surface area contributed by atoms with Gasteiger partial charge in [-0.15, -0.1) is 0 Å². The lowest BCUT2D eigenvalue weighted by molar-refractivity contribution is -0.284. The summed E-state index contributed by atoms with van der Waals surface area (Å²) in [4.78, 5) is 12.4. The number of nitrogens with one attached hydrogen (secondary N) is 1. The fourth-order valence-electron chi connectivity index (χ4n) is 5.90. The molecule has 1 aliphatic carbocycles. The molecule has 3 fully saturated rings. The molecule has 19 nitrogen and oxygen atoms in total. The van der Waals surface area contributed by atoms with Crippen molar-refractivity contribution in [3.05, 3.63) is 12.2 Å². The Morgan fingerprint density at radius 1 is 0.778 bits per heavy atom. The minimum absolute atomic E-state index is 0.00521. The Bertz CT molecular complexity index is 987. The summed E-state index contributed by atoms with van der Waals surface area (Å²) in [5.74, 6) is -0.418. The van der Waals surface area contributed by atoms with Crippen LogP contribution in [0.5, 0.6) is 0 Å². The average Bonchev–Trinajstić information content (AvgIpc) is 3.31. The van der Waals surface area contributed by atoms with Crippen molar-refractivity contribution in [3.63, 3.8) is 0 Å². The number of rotatable bonds is 12. The van der Waals surface area contributed by atoms with Gasteiger partial charge in [0.2, 0.25) is 5.91 Å². The van der Waals surface area contributed by atoms with Gasteiger partial charge in [-0.1, -0.05) is 12.2 Å². The van der Waals surface area contributed by atoms with Crippen LogP contribution >= 0.6 is 0 Å². The number of carbonyl (C=O) groups excluding carboxylic acids is 1. The minimum atomic E-state index is -1.60. The largest absolute Gasteiger partial charge is 0.394 e. The van der Waals surface area contributed by atoms with Crippen LogP contribution in [0.25, 0.3) is 0 Å². The lowest BCUT2D eigenvalue weighted by Crippen LogP contribution is -2.66. The van der Waals surface area contributed by atoms with Crippen LogP contribution < -0.4 is 39.7 Å². The predicted molar refractivity (Wildman–Crippen MR) is 153 cm³/mol. The molecule has 4 rings (SSSR count). The SMILES string of the molecule is NCCC(=O)N[C@@H]1C[C@H](N)[C@@H](O[C@H]2O[C@H](CN)C=C[C@H]2N)[C@H](O[C@@H]2O[C@H](CO)[C@@H](O[C@H]3O[C@@H](CN)[C@@H](O)[C@H](O)[C@H]3N)[C@H]2O)[C@H]1O. The van der Waals surface area contributed by atoms with Crippen molar-refractivity contribution in [2.75, 3.05) is 26.2 Å². The zero-order valence-electron chi connectivity index (χ0n) is 24.8. The fraction of sp³-hybridized carbons (Fsp3) is 0.885. The summed E-state index contributed by atoms with van der Waals surface area (Å²) in [6, 6.07) is -3.69. The number of aliphatic hydroxyl groups excluding tert-OH is 5. The number of ether oxygens (including phenoxy) is 6. The Morgan fingerprint density at radius 2 is 1.44 bits per heavy atom. The van der Waals surface area contributed by atoms with Crippen LogP contribution in [0.1, 0.15) is 12.8 Å². The maximum atomic E-state index is 12.4. The van der Waals surface area contributed by atoms with Crippen molar-refractivity contribution in [2.24, 2.45) is 34.4 Å². The van der Waals surface area contributed by atoms with Gasteiger partial charge in [0, 0.05) is 32.1 Å². The standard InChI is InChI=1S/C26H49N7O12/c27-4-3-15(35)33-12-5-11(31)21(43-24-10(30)2-1-9(6-28)40-24)23(17(12)36)45-26-20(39)22(14(8-34)42-26)44-25-16(32)19(38)18(37)13(7-29)41-25/h1-2,9-14,16-26,34,36-39H,3-8,27-32H2,(H,33,35)/t9-,10+,11-,12+,13-,14+,16+,17-,18+,19+,20+,21+,22+,23+,24+,25+,26-/m0/s1. The van der Waals surface area contributed by atoms with Gasteiger partial charge >= 0.3 is 0 Å². The van der Waals surface area contributed by atoms with Gasteiger partial charge in [0.1, 0.15) is 54.9 Å². The van der Waals surface area contributed by atoms with E-state index in [9.17, 15) is 30.3 Å². The van der Waals surface area contributed by atoms with E-state index in [-0.39, 0.29) is 32.5 Å². The van der Waals surface area contributed by atoms with Crippen LogP contribution in [0, 0.1) is 0 Å². The summed E-state index contributed by atoms with van der Waals surface area (Å²) in [7, 11) is 0. The van der Waals surface area contributed by atoms with Gasteiger partial charge < -0.3 is 93.7 Å². The molecular formula is C26H49N7O12. The zero-order valence-corrected chi connectivity index (χ0v) is 24.8. The maximum Gasteiger partial charge on any atom is 0.221 e. The topological polar surface area (TPSA) is 342 Å². The van der Waals surface area contributed by atoms with E-state index in [0.29, 0.717) is 0 Å². The molecule has 18 N–H and O–H groups in total. The minimum Gasteiger partial charge on any atom is -0.394 e. The summed E-state index contributed by atoms with van der Waals surface area (Å²) in [6.07, 6.45) is -12.7. The molecule has 4 aliphatic rings. The lowest BCUT2D eigenvalue weighted by Gasteiger charge is -2.46. The smallest absolute Gasteiger partial charge is 0.221 e. The first kappa shape index (κ1) is 36.4. The van der Waals surface area contributed by atoms with E-state index in [1.165, 1.54) is 0 Å². The van der Waals surface area contributed by atoms with Crippen LogP contribution in [0.3, 0.4) is 0 Å². The first-order valence-corrected chi connectivity index (χ1v) is 15.0. The molecule has 2 saturated heterocycles. The highest BCUT2D eigenvalue weighted by molar-refractivity contribution is 5.76. The van der Waals surface area contributed by atoms with Crippen LogP contribution in [-0.2, 0) is 33.2 Å². The second-order valence-electron chi connectivity index (χ2n) is 11.7. The maximum absolute atomic E-state index is 12.4. The number of hydrogen-bond donors (Lipinski definition) is 12. The van der Waals surface area contributed by atoms with E-state index in [1.807, 2.05) is 0 Å². The van der Waals surface area contributed by atoms with E-state index >= 15 is 0 Å². The summed E-state index contributed by atoms with van der Waals surface area (Å²) >= 11 is 0. The van der Waals surface area contributed by atoms with Gasteiger partial charge in [-0.05, 0) is 6.42 Å². The number of carbonyl (C=O) groups is 1. The highest BCUT2D eigenvalue weighted by atomic mass is 16.8. The monoisotopic (exact) mass is 651 g/mol. The van der Waals surface area contributed by atoms with Crippen LogP contribution in [0.4, 0.5) is 0 Å². The second-order valence-corrected chi connectivity index (χ2v) is 11.7. The van der Waals surface area contributed by atoms with Crippen molar-refractivity contribution in [1.29, 1.82) is 0 Å². The molecule has 260 valence electrons. The van der Waals surface area contributed by atoms with Gasteiger partial charge in [-0.25, -0.2) is 0 Å². The summed E-state index contributed by atoms with van der Waals surface area (Å²) in [5, 5.41) is 56.0. The Hall–Kier alpha value is -1.47. The fourth-order valence-corrected chi connectivity index (χ4v) is 5.90. The van der Waals surface area contributed by atoms with Crippen molar-refractivity contribution in [2.45, 2.75) is 117 Å². The highest BCUT2D eigenvalue weighted by Gasteiger charge is 2.54. The third kappa shape index (κ3) is 8.16. The molecule has 1 amide bonds. The zero-order chi connectivity index (χ0) is 33.0. The Balaban J connectivity index is 1.54. The van der Waals surface area contributed by atoms with Gasteiger partial charge in [-0.2, -0.15) is 0 Å². The van der Waals surface area contributed by atoms with Crippen LogP contribution in [0.2, 0.25) is 0 Å². The number of hydrogen-bond acceptors (Lipinski definition) is 18. The number of nitrogens with two attached hydrogens (primary N) is 6. The normalized spacial score (nSPS) is 47.1. The van der Waals surface area contributed by atoms with Crippen LogP contribution in [0.15, 0.2) is 12.2 Å². The third-order valence-corrected chi connectivity index (χ3v) is 8.47. The Kier molecular flexibility index (Phi) is 13.0. The number of amides is 1. The molecule has 0 aromatic heterocycles. The summed E-state index contributed by atoms with van der Waals surface area (Å²) in [6.45, 7) is -0.567. The molecule has 19 heteroatoms. The van der Waals surface area contributed by atoms with Crippen molar-refractivity contribution in [3.8, 4) is 0 Å². The molecule has 0 radical (unpaired) electrons. The molecule has 0 aromatic rings. The molecule has 3 aliphatic heterocycles. The van der Waals surface area contributed by atoms with E-state index in [1.54, 1.807) is 12.2 Å². The van der Waals surface area contributed by atoms with Crippen LogP contribution in [-0.4, -0.2) is 162 Å². The van der Waals surface area contributed by atoms with Gasteiger partial charge in [0.05, 0.1) is 30.8 Å². The van der Waals surface area contributed by atoms with E-state index in [2.05, 4.69) is 5.32 Å². The highest BCUT2D eigenvalue weighted by Crippen LogP contribution is 2.34. The van der Waals surface area contributed by atoms with Crippen molar-refractivity contribution in [1.82, 2.24) is 5.32 Å². The Labute approximate surface area is 260 Å². The van der Waals surface area contributed by atoms with E-state index in [4.69, 9.17) is 62.8 Å². The molecule has 0 bridgehead atoms. The second kappa shape index (κ2) is 16.1. The molecule has 45 heavy (non-hydrogen) atoms. The predicted octanol–water partition coefficient (Wildman–Crippen LogP) is -7.55. The molecular weight excluding hydrogens is 602 g/mol. The molecule has 0 unspecified atom stereocenters. The Morgan fingerprint density at radius 3 is 2.09 bits per heavy atom. The first-order valence-electron chi connectivity index (χ1n) is 15.0. The summed E-state index contributed by atoms with van der Waals surface area (Å²) in [5.41, 5.74) is 35.6. The molecule has 1 saturated carbocycles. The lowest BCUT2D eigenvalue weighted by atomic mass is 9.83. The van der Waals surface area contributed by atoms with Crippen molar-refractivity contribution >= 4 is 5.91 Å². The van der Waals surface area contributed by atoms with E-state index < -0.39 is 117 Å². The van der Waals surface area contributed by atoms with Crippen molar-refractivity contribution < 1.29 is 58.7 Å². The first-order chi connectivity index (χ1) is 21.4. The molecule has 0 spiro atoms. The quantitative estimate of drug-likeness (QED) is 0.0871. The van der Waals surface area contributed by atoms with Gasteiger partial charge in [0.15, 0.2) is 18.9 Å². The molecule has 0 aromatic carbocycles. The molecule has 3 heterocycles. The third-order valence-electron chi connectivity index (χ3n) is 8.47. The van der Waals surface area contributed by atoms with E-state index in [0.717, 1.165) is 0 Å². The average molecular weight is 652 g/mol. The van der Waals surface area contributed by atoms with Gasteiger partial charge in [0.25, 0.3) is 0 Å².